The largest absolute Gasteiger partial charge is 0.382 e. The van der Waals surface area contributed by atoms with Crippen LogP contribution in [0, 0.1) is 0 Å². The number of hydrogen-bond donors (Lipinski definition) is 0. The average molecular weight is 345 g/mol. The lowest BCUT2D eigenvalue weighted by atomic mass is 10.0. The molecule has 0 radical (unpaired) electrons. The van der Waals surface area contributed by atoms with Gasteiger partial charge in [0, 0.05) is 19.0 Å². The third-order valence-corrected chi connectivity index (χ3v) is 5.10. The fourth-order valence-corrected chi connectivity index (χ4v) is 3.83. The van der Waals surface area contributed by atoms with E-state index in [9.17, 15) is 4.79 Å². The minimum Gasteiger partial charge on any atom is -0.382 e. The fourth-order valence-electron chi connectivity index (χ4n) is 3.20. The zero-order chi connectivity index (χ0) is 16.8. The topological polar surface area (TPSA) is 38.8 Å². The molecule has 1 aliphatic heterocycles. The van der Waals surface area contributed by atoms with Crippen molar-refractivity contribution in [2.24, 2.45) is 0 Å². The van der Waals surface area contributed by atoms with Crippen LogP contribution < -0.4 is 0 Å². The molecule has 24 heavy (non-hydrogen) atoms. The summed E-state index contributed by atoms with van der Waals surface area (Å²) in [6.45, 7) is 1.88. The van der Waals surface area contributed by atoms with Gasteiger partial charge in [0.25, 0.3) is 5.91 Å². The van der Waals surface area contributed by atoms with Crippen molar-refractivity contribution in [1.82, 2.24) is 4.90 Å². The van der Waals surface area contributed by atoms with Crippen molar-refractivity contribution in [2.75, 3.05) is 26.9 Å². The smallest absolute Gasteiger partial charge is 0.255 e. The molecule has 0 spiro atoms. The Morgan fingerprint density at radius 1 is 1.25 bits per heavy atom. The number of ether oxygens (including phenoxy) is 2. The first-order chi connectivity index (χ1) is 11.8. The molecule has 1 saturated heterocycles. The summed E-state index contributed by atoms with van der Waals surface area (Å²) in [6, 6.07) is 12.3. The molecule has 1 aromatic carbocycles. The van der Waals surface area contributed by atoms with Gasteiger partial charge in [-0.25, -0.2) is 0 Å². The van der Waals surface area contributed by atoms with E-state index in [2.05, 4.69) is 12.1 Å². The number of carbonyl (C=O) groups excluding carboxylic acids is 1. The number of hydrogen-bond acceptors (Lipinski definition) is 4. The van der Waals surface area contributed by atoms with E-state index in [0.717, 1.165) is 24.9 Å². The molecule has 0 N–H and O–H groups in total. The minimum absolute atomic E-state index is 0.0583. The van der Waals surface area contributed by atoms with Crippen LogP contribution in [0.4, 0.5) is 0 Å². The highest BCUT2D eigenvalue weighted by atomic mass is 32.1. The van der Waals surface area contributed by atoms with Gasteiger partial charge < -0.3 is 14.4 Å². The van der Waals surface area contributed by atoms with Crippen molar-refractivity contribution in [1.29, 1.82) is 0 Å². The summed E-state index contributed by atoms with van der Waals surface area (Å²) in [5.74, 6) is 0.107. The zero-order valence-corrected chi connectivity index (χ0v) is 14.7. The van der Waals surface area contributed by atoms with Gasteiger partial charge in [-0.3, -0.25) is 4.79 Å². The third kappa shape index (κ3) is 4.04. The Bertz CT molecular complexity index is 629. The number of rotatable bonds is 7. The van der Waals surface area contributed by atoms with Crippen LogP contribution in [-0.2, 0) is 15.9 Å². The van der Waals surface area contributed by atoms with Crippen molar-refractivity contribution >= 4 is 17.2 Å². The van der Waals surface area contributed by atoms with Gasteiger partial charge in [0.2, 0.25) is 0 Å². The summed E-state index contributed by atoms with van der Waals surface area (Å²) in [7, 11) is 1.67. The summed E-state index contributed by atoms with van der Waals surface area (Å²) in [5, 5.41) is 3.86. The molecule has 0 aliphatic carbocycles. The van der Waals surface area contributed by atoms with Crippen molar-refractivity contribution in [3.63, 3.8) is 0 Å². The maximum absolute atomic E-state index is 12.8. The van der Waals surface area contributed by atoms with Crippen LogP contribution in [0.15, 0.2) is 47.2 Å². The normalized spacial score (nSPS) is 20.5. The maximum Gasteiger partial charge on any atom is 0.255 e. The molecule has 1 aromatic heterocycles. The number of amides is 1. The second kappa shape index (κ2) is 8.42. The van der Waals surface area contributed by atoms with Gasteiger partial charge in [0.05, 0.1) is 30.9 Å². The van der Waals surface area contributed by atoms with Crippen molar-refractivity contribution < 1.29 is 14.3 Å². The molecule has 3 rings (SSSR count). The van der Waals surface area contributed by atoms with Crippen LogP contribution in [0.25, 0.3) is 0 Å². The van der Waals surface area contributed by atoms with Crippen molar-refractivity contribution in [3.05, 3.63) is 58.3 Å². The maximum atomic E-state index is 12.8. The van der Waals surface area contributed by atoms with E-state index < -0.39 is 0 Å². The predicted molar refractivity (Wildman–Crippen MR) is 95.5 cm³/mol. The number of carbonyl (C=O) groups is 1. The lowest BCUT2D eigenvalue weighted by molar-refractivity contribution is 0.000503. The summed E-state index contributed by atoms with van der Waals surface area (Å²) in [6.07, 6.45) is 1.74. The van der Waals surface area contributed by atoms with Gasteiger partial charge >= 0.3 is 0 Å². The molecule has 0 unspecified atom stereocenters. The van der Waals surface area contributed by atoms with Gasteiger partial charge in [0.15, 0.2) is 0 Å². The molecule has 128 valence electrons. The standard InChI is InChI=1S/C19H23NO3S/c1-22-10-11-23-18-7-9-20(19(21)16-8-12-24-14-16)17(18)13-15-5-3-2-4-6-15/h2-6,8,12,14,17-18H,7,9-11,13H2,1H3/t17-,18-/m0/s1. The van der Waals surface area contributed by atoms with Crippen molar-refractivity contribution in [3.8, 4) is 0 Å². The first-order valence-corrected chi connectivity index (χ1v) is 9.21. The Morgan fingerprint density at radius 2 is 2.08 bits per heavy atom. The first-order valence-electron chi connectivity index (χ1n) is 8.27. The molecule has 2 atom stereocenters. The van der Waals surface area contributed by atoms with Gasteiger partial charge in [-0.1, -0.05) is 30.3 Å². The summed E-state index contributed by atoms with van der Waals surface area (Å²) >= 11 is 1.55. The van der Waals surface area contributed by atoms with Gasteiger partial charge in [-0.15, -0.1) is 0 Å². The number of likely N-dealkylation sites (tertiary alicyclic amines) is 1. The van der Waals surface area contributed by atoms with E-state index in [1.54, 1.807) is 18.4 Å². The molecule has 1 aliphatic rings. The van der Waals surface area contributed by atoms with Gasteiger partial charge in [0.1, 0.15) is 0 Å². The van der Waals surface area contributed by atoms with Gasteiger partial charge in [-0.05, 0) is 29.9 Å². The second-order valence-corrected chi connectivity index (χ2v) is 6.74. The highest BCUT2D eigenvalue weighted by Crippen LogP contribution is 2.26. The van der Waals surface area contributed by atoms with Crippen molar-refractivity contribution in [2.45, 2.75) is 25.0 Å². The Balaban J connectivity index is 1.75. The predicted octanol–water partition coefficient (Wildman–Crippen LogP) is 3.24. The molecule has 1 amide bonds. The van der Waals surface area contributed by atoms with Crippen LogP contribution >= 0.6 is 11.3 Å². The van der Waals surface area contributed by atoms with E-state index in [1.165, 1.54) is 5.56 Å². The fraction of sp³-hybridized carbons (Fsp3) is 0.421. The van der Waals surface area contributed by atoms with Gasteiger partial charge in [-0.2, -0.15) is 11.3 Å². The van der Waals surface area contributed by atoms with E-state index in [4.69, 9.17) is 9.47 Å². The molecule has 5 heteroatoms. The monoisotopic (exact) mass is 345 g/mol. The van der Waals surface area contributed by atoms with Crippen LogP contribution in [0.1, 0.15) is 22.3 Å². The molecule has 4 nitrogen and oxygen atoms in total. The highest BCUT2D eigenvalue weighted by Gasteiger charge is 2.38. The third-order valence-electron chi connectivity index (χ3n) is 4.42. The number of benzene rings is 1. The summed E-state index contributed by atoms with van der Waals surface area (Å²) in [4.78, 5) is 14.8. The zero-order valence-electron chi connectivity index (χ0n) is 13.9. The quantitative estimate of drug-likeness (QED) is 0.723. The van der Waals surface area contributed by atoms with E-state index in [1.807, 2.05) is 39.9 Å². The lowest BCUT2D eigenvalue weighted by Gasteiger charge is -2.28. The minimum atomic E-state index is 0.0583. The first kappa shape index (κ1) is 17.1. The second-order valence-electron chi connectivity index (χ2n) is 5.96. The summed E-state index contributed by atoms with van der Waals surface area (Å²) < 4.78 is 11.1. The SMILES string of the molecule is COCCO[C@H]1CCN(C(=O)c2ccsc2)[C@H]1Cc1ccccc1. The molecule has 0 bridgehead atoms. The highest BCUT2D eigenvalue weighted by molar-refractivity contribution is 7.08. The van der Waals surface area contributed by atoms with Crippen LogP contribution in [0.5, 0.6) is 0 Å². The molecule has 2 heterocycles. The number of methoxy groups -OCH3 is 1. The molecule has 0 saturated carbocycles. The molecule has 2 aromatic rings. The Hall–Kier alpha value is -1.69. The average Bonchev–Trinajstić information content (AvgIpc) is 3.26. The Labute approximate surface area is 147 Å². The van der Waals surface area contributed by atoms with E-state index >= 15 is 0 Å². The number of nitrogens with zero attached hydrogens (tertiary/aromatic N) is 1. The molecule has 1 fully saturated rings. The molecular formula is C19H23NO3S. The summed E-state index contributed by atoms with van der Waals surface area (Å²) in [5.41, 5.74) is 2.00. The van der Waals surface area contributed by atoms with Crippen LogP contribution in [0.2, 0.25) is 0 Å². The Morgan fingerprint density at radius 3 is 2.79 bits per heavy atom. The Kier molecular flexibility index (Phi) is 6.01. The van der Waals surface area contributed by atoms with E-state index in [-0.39, 0.29) is 18.1 Å². The van der Waals surface area contributed by atoms with Crippen LogP contribution in [-0.4, -0.2) is 49.8 Å². The molecular weight excluding hydrogens is 322 g/mol. The van der Waals surface area contributed by atoms with E-state index in [0.29, 0.717) is 13.2 Å². The van der Waals surface area contributed by atoms with Crippen LogP contribution in [0.3, 0.4) is 0 Å². The lowest BCUT2D eigenvalue weighted by Crippen LogP contribution is -2.42. The number of thiophene rings is 1.